The molecule has 3 N–H and O–H groups in total. The number of carbonyl (C=O) groups is 3. The number of pyridine rings is 1. The van der Waals surface area contributed by atoms with Crippen molar-refractivity contribution in [2.24, 2.45) is 0 Å². The lowest BCUT2D eigenvalue weighted by atomic mass is 10.2. The summed E-state index contributed by atoms with van der Waals surface area (Å²) in [5.74, 6) is -1.19. The first kappa shape index (κ1) is 27.5. The number of nitrogens with zero attached hydrogens (tertiary/aromatic N) is 4. The summed E-state index contributed by atoms with van der Waals surface area (Å²) in [5, 5.41) is 12.7. The van der Waals surface area contributed by atoms with Crippen LogP contribution in [0.5, 0.6) is 0 Å². The highest BCUT2D eigenvalue weighted by Crippen LogP contribution is 2.23. The van der Waals surface area contributed by atoms with Gasteiger partial charge in [-0.1, -0.05) is 24.8 Å². The molecular weight excluding hydrogens is 505 g/mol. The molecule has 1 fully saturated rings. The molecule has 2 aromatic heterocycles. The molecule has 1 aliphatic rings. The number of benzene rings is 1. The molecule has 3 aromatic rings. The Bertz CT molecular complexity index is 1410. The highest BCUT2D eigenvalue weighted by molar-refractivity contribution is 6.04. The topological polar surface area (TPSA) is 130 Å². The van der Waals surface area contributed by atoms with Gasteiger partial charge in [0, 0.05) is 49.4 Å². The lowest BCUT2D eigenvalue weighted by molar-refractivity contribution is -0.122. The van der Waals surface area contributed by atoms with Crippen molar-refractivity contribution in [2.75, 3.05) is 49.6 Å². The zero-order valence-corrected chi connectivity index (χ0v) is 21.6. The Morgan fingerprint density at radius 1 is 1.15 bits per heavy atom. The van der Waals surface area contributed by atoms with Crippen LogP contribution >= 0.6 is 0 Å². The smallest absolute Gasteiger partial charge is 0.274 e. The lowest BCUT2D eigenvalue weighted by Crippen LogP contribution is -2.37. The molecule has 1 aliphatic heterocycles. The average Bonchev–Trinajstić information content (AvgIpc) is 3.32. The molecule has 0 bridgehead atoms. The third kappa shape index (κ3) is 7.26. The Morgan fingerprint density at radius 2 is 1.92 bits per heavy atom. The Morgan fingerprint density at radius 3 is 2.69 bits per heavy atom. The highest BCUT2D eigenvalue weighted by Gasteiger charge is 2.17. The van der Waals surface area contributed by atoms with Gasteiger partial charge in [0.2, 0.25) is 5.91 Å². The monoisotopic (exact) mass is 535 g/mol. The predicted octanol–water partition coefficient (Wildman–Crippen LogP) is 2.02. The third-order valence-electron chi connectivity index (χ3n) is 5.89. The summed E-state index contributed by atoms with van der Waals surface area (Å²) in [6.45, 7) is 8.31. The van der Waals surface area contributed by atoms with E-state index in [0.717, 1.165) is 0 Å². The van der Waals surface area contributed by atoms with Crippen LogP contribution < -0.4 is 20.9 Å². The number of ether oxygens (including phenoxy) is 1. The predicted molar refractivity (Wildman–Crippen MR) is 145 cm³/mol. The number of rotatable bonds is 10. The number of amides is 3. The normalized spacial score (nSPS) is 13.4. The molecule has 0 aliphatic carbocycles. The standard InChI is InChI=1S/C27H30FN7O4/c1-3-5-18(2)26(37)30-9-8-29-25(36)17-35-16-19-14-23(20(28)15-22(19)33-35)32-27(38)21-6-4-7-24(31-21)34-10-12-39-13-11-34/h3-7,14-16H,2,8-13,17H2,1H3,(H,29,36)(H,30,37)(H,32,38)/b5-3-. The van der Waals surface area contributed by atoms with Gasteiger partial charge in [0.05, 0.1) is 24.4 Å². The van der Waals surface area contributed by atoms with Gasteiger partial charge in [-0.3, -0.25) is 19.1 Å². The third-order valence-corrected chi connectivity index (χ3v) is 5.89. The van der Waals surface area contributed by atoms with E-state index >= 15 is 0 Å². The highest BCUT2D eigenvalue weighted by atomic mass is 19.1. The van der Waals surface area contributed by atoms with Crippen LogP contribution in [0, 0.1) is 5.82 Å². The van der Waals surface area contributed by atoms with Crippen LogP contribution in [0.1, 0.15) is 17.4 Å². The largest absolute Gasteiger partial charge is 0.378 e. The maximum atomic E-state index is 14.8. The zero-order valence-electron chi connectivity index (χ0n) is 21.6. The van der Waals surface area contributed by atoms with E-state index in [-0.39, 0.29) is 42.8 Å². The number of carbonyl (C=O) groups excluding carboxylic acids is 3. The molecule has 0 saturated carbocycles. The summed E-state index contributed by atoms with van der Waals surface area (Å²) in [4.78, 5) is 43.4. The summed E-state index contributed by atoms with van der Waals surface area (Å²) in [6.07, 6.45) is 4.89. The van der Waals surface area contributed by atoms with Crippen molar-refractivity contribution in [1.29, 1.82) is 0 Å². The number of morpholine rings is 1. The van der Waals surface area contributed by atoms with Gasteiger partial charge in [-0.05, 0) is 25.1 Å². The summed E-state index contributed by atoms with van der Waals surface area (Å²) in [7, 11) is 0. The van der Waals surface area contributed by atoms with E-state index in [4.69, 9.17) is 4.74 Å². The van der Waals surface area contributed by atoms with Gasteiger partial charge >= 0.3 is 0 Å². The van der Waals surface area contributed by atoms with Gasteiger partial charge in [0.25, 0.3) is 11.8 Å². The fourth-order valence-corrected chi connectivity index (χ4v) is 3.95. The lowest BCUT2D eigenvalue weighted by Gasteiger charge is -2.27. The Hall–Kier alpha value is -4.58. The average molecular weight is 536 g/mol. The molecule has 39 heavy (non-hydrogen) atoms. The molecule has 3 amide bonds. The fraction of sp³-hybridized carbons (Fsp3) is 0.296. The van der Waals surface area contributed by atoms with E-state index in [1.54, 1.807) is 37.4 Å². The second-order valence-electron chi connectivity index (χ2n) is 8.78. The van der Waals surface area contributed by atoms with Crippen LogP contribution in [0.3, 0.4) is 0 Å². The number of nitrogens with one attached hydrogen (secondary N) is 3. The van der Waals surface area contributed by atoms with Gasteiger partial charge in [0.15, 0.2) is 0 Å². The van der Waals surface area contributed by atoms with Gasteiger partial charge in [-0.15, -0.1) is 0 Å². The Kier molecular flexibility index (Phi) is 9.00. The van der Waals surface area contributed by atoms with E-state index in [1.807, 2.05) is 11.0 Å². The van der Waals surface area contributed by atoms with E-state index in [1.165, 1.54) is 16.8 Å². The summed E-state index contributed by atoms with van der Waals surface area (Å²) in [5.41, 5.74) is 0.798. The molecule has 0 atom stereocenters. The van der Waals surface area contributed by atoms with Crippen molar-refractivity contribution in [3.8, 4) is 0 Å². The number of halogens is 1. The Balaban J connectivity index is 1.34. The van der Waals surface area contributed by atoms with Crippen LogP contribution in [-0.2, 0) is 20.9 Å². The van der Waals surface area contributed by atoms with Crippen molar-refractivity contribution in [3.05, 3.63) is 72.3 Å². The molecule has 204 valence electrons. The van der Waals surface area contributed by atoms with Crippen molar-refractivity contribution < 1.29 is 23.5 Å². The molecule has 0 unspecified atom stereocenters. The summed E-state index contributed by atoms with van der Waals surface area (Å²) < 4.78 is 21.5. The van der Waals surface area contributed by atoms with E-state index in [2.05, 4.69) is 32.6 Å². The van der Waals surface area contributed by atoms with Crippen LogP contribution in [0.15, 0.2) is 60.8 Å². The molecule has 4 rings (SSSR count). The van der Waals surface area contributed by atoms with Gasteiger partial charge in [-0.2, -0.15) is 5.10 Å². The van der Waals surface area contributed by atoms with Crippen LogP contribution in [0.2, 0.25) is 0 Å². The number of anilines is 2. The van der Waals surface area contributed by atoms with Crippen LogP contribution in [-0.4, -0.2) is 71.9 Å². The molecule has 0 spiro atoms. The molecular formula is C27H30FN7O4. The molecule has 3 heterocycles. The number of aromatic nitrogens is 3. The second kappa shape index (κ2) is 12.8. The van der Waals surface area contributed by atoms with Crippen molar-refractivity contribution in [3.63, 3.8) is 0 Å². The number of fused-ring (bicyclic) bond motifs is 1. The van der Waals surface area contributed by atoms with Crippen LogP contribution in [0.25, 0.3) is 10.9 Å². The second-order valence-corrected chi connectivity index (χ2v) is 8.78. The first-order valence-electron chi connectivity index (χ1n) is 12.5. The molecule has 0 radical (unpaired) electrons. The van der Waals surface area contributed by atoms with Crippen molar-refractivity contribution in [2.45, 2.75) is 13.5 Å². The first-order chi connectivity index (χ1) is 18.8. The van der Waals surface area contributed by atoms with E-state index in [9.17, 15) is 18.8 Å². The Labute approximate surface area is 224 Å². The number of hydrogen-bond acceptors (Lipinski definition) is 7. The van der Waals surface area contributed by atoms with E-state index in [0.29, 0.717) is 48.6 Å². The van der Waals surface area contributed by atoms with Crippen molar-refractivity contribution in [1.82, 2.24) is 25.4 Å². The van der Waals surface area contributed by atoms with E-state index < -0.39 is 11.7 Å². The van der Waals surface area contributed by atoms with Crippen LogP contribution in [0.4, 0.5) is 15.9 Å². The van der Waals surface area contributed by atoms with Gasteiger partial charge < -0.3 is 25.6 Å². The number of allylic oxidation sites excluding steroid dienone is 1. The molecule has 11 nitrogen and oxygen atoms in total. The van der Waals surface area contributed by atoms with Crippen molar-refractivity contribution >= 4 is 40.1 Å². The minimum Gasteiger partial charge on any atom is -0.378 e. The fourth-order valence-electron chi connectivity index (χ4n) is 3.95. The van der Waals surface area contributed by atoms with Gasteiger partial charge in [-0.25, -0.2) is 9.37 Å². The first-order valence-corrected chi connectivity index (χ1v) is 12.5. The van der Waals surface area contributed by atoms with Gasteiger partial charge in [0.1, 0.15) is 23.9 Å². The molecule has 1 saturated heterocycles. The summed E-state index contributed by atoms with van der Waals surface area (Å²) in [6, 6.07) is 7.77. The quantitative estimate of drug-likeness (QED) is 0.206. The molecule has 1 aromatic carbocycles. The number of hydrogen-bond donors (Lipinski definition) is 3. The molecule has 12 heteroatoms. The SMILES string of the molecule is C=C(/C=C\C)C(=O)NCCNC(=O)Cn1cc2cc(NC(=O)c3cccc(N4CCOCC4)n3)c(F)cc2n1. The summed E-state index contributed by atoms with van der Waals surface area (Å²) >= 11 is 0. The minimum absolute atomic E-state index is 0.0228. The maximum absolute atomic E-state index is 14.8. The zero-order chi connectivity index (χ0) is 27.8. The minimum atomic E-state index is -0.662. The maximum Gasteiger partial charge on any atom is 0.274 e.